The molecular weight excluding hydrogens is 363 g/mol. The van der Waals surface area contributed by atoms with Crippen LogP contribution in [0, 0.1) is 5.82 Å². The van der Waals surface area contributed by atoms with Crippen LogP contribution in [0.15, 0.2) is 36.4 Å². The largest absolute Gasteiger partial charge is 0.493 e. The molecule has 0 unspecified atom stereocenters. The number of methoxy groups -OCH3 is 1. The number of H-pyrrole nitrogens is 1. The summed E-state index contributed by atoms with van der Waals surface area (Å²) in [6, 6.07) is 9.36. The van der Waals surface area contributed by atoms with Crippen molar-refractivity contribution in [3.63, 3.8) is 0 Å². The number of hydrogen-bond acceptors (Lipinski definition) is 5. The summed E-state index contributed by atoms with van der Waals surface area (Å²) in [7, 11) is 1.46. The van der Waals surface area contributed by atoms with Crippen LogP contribution in [0.1, 0.15) is 16.1 Å². The summed E-state index contributed by atoms with van der Waals surface area (Å²) in [6.45, 7) is -0.150. The molecule has 0 bridgehead atoms. The fourth-order valence-corrected chi connectivity index (χ4v) is 2.63. The Morgan fingerprint density at radius 2 is 2.04 bits per heavy atom. The van der Waals surface area contributed by atoms with Crippen LogP contribution in [0.4, 0.5) is 4.39 Å². The summed E-state index contributed by atoms with van der Waals surface area (Å²) < 4.78 is 25.1. The van der Waals surface area contributed by atoms with E-state index in [0.29, 0.717) is 11.3 Å². The van der Waals surface area contributed by atoms with Gasteiger partial charge >= 0.3 is 0 Å². The molecule has 3 aromatic rings. The average molecular weight is 377 g/mol. The Morgan fingerprint density at radius 3 is 2.73 bits per heavy atom. The third kappa shape index (κ3) is 3.31. The monoisotopic (exact) mass is 376 g/mol. The molecule has 0 spiro atoms. The Morgan fingerprint density at radius 1 is 1.27 bits per heavy atom. The van der Waals surface area contributed by atoms with E-state index in [1.54, 1.807) is 24.3 Å². The molecule has 26 heavy (non-hydrogen) atoms. The van der Waals surface area contributed by atoms with Crippen molar-refractivity contribution in [2.24, 2.45) is 5.73 Å². The number of benzene rings is 2. The molecule has 3 N–H and O–H groups in total. The fraction of sp³-hybridized carbons (Fsp3) is 0.118. The number of hydrogen-bond donors (Lipinski definition) is 2. The summed E-state index contributed by atoms with van der Waals surface area (Å²) in [5.74, 6) is -0.619. The first-order valence-corrected chi connectivity index (χ1v) is 7.84. The van der Waals surface area contributed by atoms with Crippen LogP contribution in [-0.4, -0.2) is 28.4 Å². The molecule has 2 aromatic carbocycles. The van der Waals surface area contributed by atoms with Crippen molar-refractivity contribution in [1.82, 2.24) is 15.4 Å². The summed E-state index contributed by atoms with van der Waals surface area (Å²) in [4.78, 5) is 11.6. The van der Waals surface area contributed by atoms with Gasteiger partial charge in [0.2, 0.25) is 0 Å². The maximum atomic E-state index is 14.0. The number of aromatic amines is 1. The van der Waals surface area contributed by atoms with E-state index in [2.05, 4.69) is 15.4 Å². The van der Waals surface area contributed by atoms with Gasteiger partial charge in [-0.2, -0.15) is 15.4 Å². The van der Waals surface area contributed by atoms with Crippen LogP contribution in [0.25, 0.3) is 11.3 Å². The SMILES string of the molecule is COc1cccc(-c2n[nH]nc2C(N)=O)c1OCc1c(F)cccc1Cl. The van der Waals surface area contributed by atoms with Gasteiger partial charge in [0.1, 0.15) is 18.1 Å². The van der Waals surface area contributed by atoms with Gasteiger partial charge < -0.3 is 15.2 Å². The number of carbonyl (C=O) groups excluding carboxylic acids is 1. The molecule has 1 aromatic heterocycles. The van der Waals surface area contributed by atoms with Crippen LogP contribution < -0.4 is 15.2 Å². The zero-order chi connectivity index (χ0) is 18.7. The van der Waals surface area contributed by atoms with Gasteiger partial charge in [-0.1, -0.05) is 23.7 Å². The predicted octanol–water partition coefficient (Wildman–Crippen LogP) is 2.95. The van der Waals surface area contributed by atoms with E-state index in [4.69, 9.17) is 26.8 Å². The van der Waals surface area contributed by atoms with E-state index >= 15 is 0 Å². The number of rotatable bonds is 6. The molecule has 0 aliphatic rings. The molecule has 0 aliphatic heterocycles. The number of halogens is 2. The first-order chi connectivity index (χ1) is 12.5. The van der Waals surface area contributed by atoms with Gasteiger partial charge in [0.15, 0.2) is 17.2 Å². The predicted molar refractivity (Wildman–Crippen MR) is 92.6 cm³/mol. The lowest BCUT2D eigenvalue weighted by atomic mass is 10.1. The number of nitrogens with zero attached hydrogens (tertiary/aromatic N) is 2. The molecule has 0 saturated heterocycles. The third-order valence-corrected chi connectivity index (χ3v) is 4.01. The molecular formula is C17H14ClFN4O3. The minimum atomic E-state index is -0.750. The average Bonchev–Trinajstić information content (AvgIpc) is 3.11. The minimum absolute atomic E-state index is 0.0490. The standard InChI is InChI=1S/C17H14ClFN4O3/c1-25-13-7-2-4-9(14-15(17(20)24)22-23-21-14)16(13)26-8-10-11(18)5-3-6-12(10)19/h2-7H,8H2,1H3,(H2,20,24)(H,21,22,23). The Balaban J connectivity index is 2.03. The van der Waals surface area contributed by atoms with Gasteiger partial charge in [0.05, 0.1) is 17.7 Å². The highest BCUT2D eigenvalue weighted by molar-refractivity contribution is 6.31. The van der Waals surface area contributed by atoms with Crippen molar-refractivity contribution in [1.29, 1.82) is 0 Å². The van der Waals surface area contributed by atoms with E-state index in [-0.39, 0.29) is 34.3 Å². The van der Waals surface area contributed by atoms with Crippen molar-refractivity contribution in [2.75, 3.05) is 7.11 Å². The van der Waals surface area contributed by atoms with E-state index in [0.717, 1.165) is 0 Å². The van der Waals surface area contributed by atoms with Gasteiger partial charge in [0.25, 0.3) is 5.91 Å². The van der Waals surface area contributed by atoms with Gasteiger partial charge in [-0.15, -0.1) is 0 Å². The molecule has 134 valence electrons. The molecule has 0 fully saturated rings. The zero-order valence-corrected chi connectivity index (χ0v) is 14.4. The van der Waals surface area contributed by atoms with Crippen molar-refractivity contribution in [3.8, 4) is 22.8 Å². The molecule has 7 nitrogen and oxygen atoms in total. The Bertz CT molecular complexity index is 941. The normalized spacial score (nSPS) is 10.6. The molecule has 0 aliphatic carbocycles. The number of nitrogens with two attached hydrogens (primary N) is 1. The second-order valence-electron chi connectivity index (χ2n) is 5.21. The maximum Gasteiger partial charge on any atom is 0.271 e. The van der Waals surface area contributed by atoms with Gasteiger partial charge in [-0.05, 0) is 24.3 Å². The summed E-state index contributed by atoms with van der Waals surface area (Å²) in [6.07, 6.45) is 0. The number of primary amides is 1. The van der Waals surface area contributed by atoms with Gasteiger partial charge in [0, 0.05) is 5.56 Å². The third-order valence-electron chi connectivity index (χ3n) is 3.66. The van der Waals surface area contributed by atoms with Crippen LogP contribution in [0.5, 0.6) is 11.5 Å². The summed E-state index contributed by atoms with van der Waals surface area (Å²) in [5, 5.41) is 10.3. The lowest BCUT2D eigenvalue weighted by molar-refractivity contribution is 0.0996. The number of aromatic nitrogens is 3. The van der Waals surface area contributed by atoms with Gasteiger partial charge in [-0.25, -0.2) is 4.39 Å². The van der Waals surface area contributed by atoms with Crippen molar-refractivity contribution in [3.05, 3.63) is 58.5 Å². The molecule has 0 atom stereocenters. The lowest BCUT2D eigenvalue weighted by Crippen LogP contribution is -2.13. The molecule has 0 radical (unpaired) electrons. The van der Waals surface area contributed by atoms with Crippen molar-refractivity contribution < 1.29 is 18.7 Å². The minimum Gasteiger partial charge on any atom is -0.493 e. The van der Waals surface area contributed by atoms with E-state index in [9.17, 15) is 9.18 Å². The van der Waals surface area contributed by atoms with Crippen molar-refractivity contribution in [2.45, 2.75) is 6.61 Å². The number of nitrogens with one attached hydrogen (secondary N) is 1. The Labute approximate surface area is 152 Å². The summed E-state index contributed by atoms with van der Waals surface area (Å²) in [5.41, 5.74) is 6.08. The quantitative estimate of drug-likeness (QED) is 0.688. The van der Waals surface area contributed by atoms with E-state index in [1.165, 1.54) is 19.2 Å². The number of amides is 1. The smallest absolute Gasteiger partial charge is 0.271 e. The molecule has 1 amide bonds. The molecule has 9 heteroatoms. The zero-order valence-electron chi connectivity index (χ0n) is 13.6. The molecule has 1 heterocycles. The number of para-hydroxylation sites is 1. The lowest BCUT2D eigenvalue weighted by Gasteiger charge is -2.15. The highest BCUT2D eigenvalue weighted by atomic mass is 35.5. The molecule has 0 saturated carbocycles. The Hall–Kier alpha value is -3.13. The maximum absolute atomic E-state index is 14.0. The second kappa shape index (κ2) is 7.40. The first kappa shape index (κ1) is 17.7. The van der Waals surface area contributed by atoms with Crippen LogP contribution >= 0.6 is 11.6 Å². The topological polar surface area (TPSA) is 103 Å². The summed E-state index contributed by atoms with van der Waals surface area (Å²) >= 11 is 6.04. The highest BCUT2D eigenvalue weighted by Crippen LogP contribution is 2.39. The second-order valence-corrected chi connectivity index (χ2v) is 5.62. The number of ether oxygens (including phenoxy) is 2. The van der Waals surface area contributed by atoms with Crippen LogP contribution in [0.2, 0.25) is 5.02 Å². The van der Waals surface area contributed by atoms with E-state index < -0.39 is 11.7 Å². The highest BCUT2D eigenvalue weighted by Gasteiger charge is 2.22. The fourth-order valence-electron chi connectivity index (χ4n) is 2.42. The first-order valence-electron chi connectivity index (χ1n) is 7.46. The Kier molecular flexibility index (Phi) is 5.04. The number of carbonyl (C=O) groups is 1. The van der Waals surface area contributed by atoms with E-state index in [1.807, 2.05) is 0 Å². The van der Waals surface area contributed by atoms with Crippen molar-refractivity contribution >= 4 is 17.5 Å². The van der Waals surface area contributed by atoms with Crippen LogP contribution in [0.3, 0.4) is 0 Å². The van der Waals surface area contributed by atoms with Gasteiger partial charge in [-0.3, -0.25) is 4.79 Å². The molecule has 3 rings (SSSR count). The van der Waals surface area contributed by atoms with Crippen LogP contribution in [-0.2, 0) is 6.61 Å².